The van der Waals surface area contributed by atoms with E-state index in [1.165, 1.54) is 16.8 Å². The van der Waals surface area contributed by atoms with Gasteiger partial charge in [-0.2, -0.15) is 0 Å². The second-order valence-corrected chi connectivity index (χ2v) is 6.68. The van der Waals surface area contributed by atoms with Gasteiger partial charge in [0.25, 0.3) is 0 Å². The smallest absolute Gasteiger partial charge is 0.238 e. The largest absolute Gasteiger partial charge is 0.351 e. The Hall–Kier alpha value is -2.59. The topological polar surface area (TPSA) is 119 Å². The molecule has 0 fully saturated rings. The Morgan fingerprint density at radius 2 is 1.87 bits per heavy atom. The van der Waals surface area contributed by atoms with Crippen LogP contribution in [0.3, 0.4) is 0 Å². The predicted octanol–water partition coefficient (Wildman–Crippen LogP) is 0.364. The monoisotopic (exact) mass is 333 g/mol. The lowest BCUT2D eigenvalue weighted by molar-refractivity contribution is 0.597. The molecule has 1 aromatic carbocycles. The molecule has 0 aliphatic heterocycles. The first-order chi connectivity index (χ1) is 10.9. The van der Waals surface area contributed by atoms with Crippen molar-refractivity contribution in [3.63, 3.8) is 0 Å². The Labute approximate surface area is 132 Å². The minimum Gasteiger partial charge on any atom is -0.351 e. The number of anilines is 1. The van der Waals surface area contributed by atoms with E-state index in [9.17, 15) is 8.42 Å². The Morgan fingerprint density at radius 1 is 1.17 bits per heavy atom. The Balaban J connectivity index is 1.87. The fraction of sp³-hybridized carbons (Fsp3) is 0.231. The van der Waals surface area contributed by atoms with Crippen molar-refractivity contribution >= 4 is 21.5 Å². The standard InChI is InChI=1S/C13H15N7O2S/c1-9(10-3-5-11(6-4-10)23(14,21)22)19(2)13-8-7-12-15-17-18-20(12)16-13/h3-9H,1-2H3,(H2,14,21,22)/t9-/m1/s1. The van der Waals surface area contributed by atoms with Gasteiger partial charge in [0.05, 0.1) is 10.9 Å². The molecule has 0 bridgehead atoms. The Bertz CT molecular complexity index is 936. The highest BCUT2D eigenvalue weighted by atomic mass is 32.2. The highest BCUT2D eigenvalue weighted by Gasteiger charge is 2.16. The minimum atomic E-state index is -3.69. The lowest BCUT2D eigenvalue weighted by atomic mass is 10.1. The van der Waals surface area contributed by atoms with Gasteiger partial charge in [-0.15, -0.1) is 14.8 Å². The Kier molecular flexibility index (Phi) is 3.70. The average Bonchev–Trinajstić information content (AvgIpc) is 3.00. The molecule has 120 valence electrons. The van der Waals surface area contributed by atoms with E-state index >= 15 is 0 Å². The number of primary sulfonamides is 1. The fourth-order valence-corrected chi connectivity index (χ4v) is 2.70. The van der Waals surface area contributed by atoms with Crippen LogP contribution in [0.1, 0.15) is 18.5 Å². The molecule has 2 N–H and O–H groups in total. The summed E-state index contributed by atoms with van der Waals surface area (Å²) < 4.78 is 24.0. The molecule has 3 rings (SSSR count). The van der Waals surface area contributed by atoms with E-state index in [1.54, 1.807) is 18.2 Å². The van der Waals surface area contributed by atoms with Gasteiger partial charge in [0.15, 0.2) is 11.5 Å². The number of nitrogens with zero attached hydrogens (tertiary/aromatic N) is 6. The molecule has 0 spiro atoms. The van der Waals surface area contributed by atoms with Gasteiger partial charge in [0.1, 0.15) is 0 Å². The van der Waals surface area contributed by atoms with E-state index in [4.69, 9.17) is 5.14 Å². The molecule has 1 atom stereocenters. The number of tetrazole rings is 1. The van der Waals surface area contributed by atoms with Crippen LogP contribution >= 0.6 is 0 Å². The van der Waals surface area contributed by atoms with Crippen molar-refractivity contribution in [2.75, 3.05) is 11.9 Å². The molecule has 10 heteroatoms. The van der Waals surface area contributed by atoms with Gasteiger partial charge in [-0.1, -0.05) is 12.1 Å². The molecule has 3 aromatic rings. The zero-order valence-corrected chi connectivity index (χ0v) is 13.3. The highest BCUT2D eigenvalue weighted by Crippen LogP contribution is 2.24. The van der Waals surface area contributed by atoms with E-state index in [0.717, 1.165) is 5.56 Å². The van der Waals surface area contributed by atoms with Crippen LogP contribution in [0.2, 0.25) is 0 Å². The molecule has 0 saturated heterocycles. The van der Waals surface area contributed by atoms with Gasteiger partial charge in [-0.05, 0) is 47.2 Å². The first-order valence-corrected chi connectivity index (χ1v) is 8.32. The minimum absolute atomic E-state index is 0.0361. The number of aromatic nitrogens is 5. The molecule has 2 aromatic heterocycles. The lowest BCUT2D eigenvalue weighted by Gasteiger charge is -2.26. The van der Waals surface area contributed by atoms with E-state index in [2.05, 4.69) is 20.6 Å². The molecular formula is C13H15N7O2S. The molecule has 0 aliphatic carbocycles. The lowest BCUT2D eigenvalue weighted by Crippen LogP contribution is -2.23. The molecule has 0 radical (unpaired) electrons. The van der Waals surface area contributed by atoms with Crippen molar-refractivity contribution in [2.45, 2.75) is 17.9 Å². The van der Waals surface area contributed by atoms with Gasteiger partial charge in [0.2, 0.25) is 10.0 Å². The Morgan fingerprint density at radius 3 is 2.52 bits per heavy atom. The number of hydrogen-bond acceptors (Lipinski definition) is 7. The van der Waals surface area contributed by atoms with Gasteiger partial charge >= 0.3 is 0 Å². The number of rotatable bonds is 4. The van der Waals surface area contributed by atoms with Crippen LogP contribution in [0.4, 0.5) is 5.82 Å². The van der Waals surface area contributed by atoms with E-state index in [-0.39, 0.29) is 10.9 Å². The normalized spacial score (nSPS) is 13.2. The average molecular weight is 333 g/mol. The molecular weight excluding hydrogens is 318 g/mol. The first kappa shape index (κ1) is 15.3. The summed E-state index contributed by atoms with van der Waals surface area (Å²) in [7, 11) is -1.80. The summed E-state index contributed by atoms with van der Waals surface area (Å²) in [5.74, 6) is 0.688. The summed E-state index contributed by atoms with van der Waals surface area (Å²) in [4.78, 5) is 2.02. The van der Waals surface area contributed by atoms with E-state index in [0.29, 0.717) is 11.5 Å². The molecule has 2 heterocycles. The molecule has 9 nitrogen and oxygen atoms in total. The summed E-state index contributed by atoms with van der Waals surface area (Å²) in [6, 6.07) is 10.0. The maximum Gasteiger partial charge on any atom is 0.238 e. The van der Waals surface area contributed by atoms with Crippen molar-refractivity contribution in [1.29, 1.82) is 0 Å². The molecule has 0 amide bonds. The zero-order chi connectivity index (χ0) is 16.6. The first-order valence-electron chi connectivity index (χ1n) is 6.77. The molecule has 0 unspecified atom stereocenters. The van der Waals surface area contributed by atoms with Crippen molar-refractivity contribution in [3.05, 3.63) is 42.0 Å². The van der Waals surface area contributed by atoms with Gasteiger partial charge in [0, 0.05) is 7.05 Å². The quantitative estimate of drug-likeness (QED) is 0.732. The molecule has 0 aliphatic rings. The second-order valence-electron chi connectivity index (χ2n) is 5.12. The number of hydrogen-bond donors (Lipinski definition) is 1. The number of benzene rings is 1. The number of sulfonamides is 1. The molecule has 23 heavy (non-hydrogen) atoms. The van der Waals surface area contributed by atoms with Crippen molar-refractivity contribution in [1.82, 2.24) is 25.3 Å². The third-order valence-electron chi connectivity index (χ3n) is 3.69. The van der Waals surface area contributed by atoms with Crippen LogP contribution in [0.5, 0.6) is 0 Å². The third kappa shape index (κ3) is 2.98. The van der Waals surface area contributed by atoms with Crippen LogP contribution in [-0.2, 0) is 10.0 Å². The molecule has 0 saturated carbocycles. The van der Waals surface area contributed by atoms with Crippen LogP contribution in [-0.4, -0.2) is 40.7 Å². The maximum absolute atomic E-state index is 11.3. The summed E-state index contributed by atoms with van der Waals surface area (Å²) in [5.41, 5.74) is 1.49. The van der Waals surface area contributed by atoms with Gasteiger partial charge < -0.3 is 4.90 Å². The van der Waals surface area contributed by atoms with Gasteiger partial charge in [-0.3, -0.25) is 0 Å². The predicted molar refractivity (Wildman–Crippen MR) is 83.2 cm³/mol. The fourth-order valence-electron chi connectivity index (χ4n) is 2.19. The number of fused-ring (bicyclic) bond motifs is 1. The van der Waals surface area contributed by atoms with E-state index in [1.807, 2.05) is 24.9 Å². The SMILES string of the molecule is C[C@H](c1ccc(S(N)(=O)=O)cc1)N(C)c1ccc2nnnn2n1. The summed E-state index contributed by atoms with van der Waals surface area (Å²) in [5, 5.41) is 20.6. The highest BCUT2D eigenvalue weighted by molar-refractivity contribution is 7.89. The zero-order valence-electron chi connectivity index (χ0n) is 12.5. The van der Waals surface area contributed by atoms with Crippen molar-refractivity contribution in [3.8, 4) is 0 Å². The second kappa shape index (κ2) is 5.56. The van der Waals surface area contributed by atoms with Gasteiger partial charge in [-0.25, -0.2) is 13.6 Å². The van der Waals surface area contributed by atoms with Crippen LogP contribution in [0, 0.1) is 0 Å². The third-order valence-corrected chi connectivity index (χ3v) is 4.62. The van der Waals surface area contributed by atoms with Crippen LogP contribution < -0.4 is 10.0 Å². The van der Waals surface area contributed by atoms with Crippen LogP contribution in [0.15, 0.2) is 41.3 Å². The van der Waals surface area contributed by atoms with E-state index < -0.39 is 10.0 Å². The maximum atomic E-state index is 11.3. The summed E-state index contributed by atoms with van der Waals surface area (Å²) in [6.45, 7) is 1.98. The van der Waals surface area contributed by atoms with Crippen LogP contribution in [0.25, 0.3) is 5.65 Å². The van der Waals surface area contributed by atoms with Crippen molar-refractivity contribution in [2.24, 2.45) is 5.14 Å². The summed E-state index contributed by atoms with van der Waals surface area (Å²) in [6.07, 6.45) is 0. The summed E-state index contributed by atoms with van der Waals surface area (Å²) >= 11 is 0. The number of nitrogens with two attached hydrogens (primary N) is 1. The van der Waals surface area contributed by atoms with Crippen molar-refractivity contribution < 1.29 is 8.42 Å².